The minimum absolute atomic E-state index is 0.241. The average Bonchev–Trinajstić information content (AvgIpc) is 3.10. The highest BCUT2D eigenvalue weighted by Gasteiger charge is 2.18. The molecule has 28 heavy (non-hydrogen) atoms. The smallest absolute Gasteiger partial charge is 0.261 e. The van der Waals surface area contributed by atoms with Crippen LogP contribution in [0.3, 0.4) is 0 Å². The first-order chi connectivity index (χ1) is 13.5. The molecule has 6 nitrogen and oxygen atoms in total. The van der Waals surface area contributed by atoms with E-state index in [0.29, 0.717) is 11.6 Å². The highest BCUT2D eigenvalue weighted by molar-refractivity contribution is 7.92. The van der Waals surface area contributed by atoms with Crippen LogP contribution >= 0.6 is 0 Å². The molecule has 0 unspecified atom stereocenters. The number of rotatable bonds is 6. The van der Waals surface area contributed by atoms with E-state index in [1.807, 2.05) is 23.0 Å². The molecule has 7 heteroatoms. The predicted octanol–water partition coefficient (Wildman–Crippen LogP) is 3.83. The lowest BCUT2D eigenvalue weighted by Crippen LogP contribution is -2.20. The number of benzene rings is 2. The normalized spacial score (nSPS) is 15.8. The fourth-order valence-electron chi connectivity index (χ4n) is 3.53. The van der Waals surface area contributed by atoms with E-state index in [1.165, 1.54) is 5.56 Å². The van der Waals surface area contributed by atoms with E-state index in [-0.39, 0.29) is 4.90 Å². The molecule has 1 aliphatic rings. The standard InChI is InChI=1S/C21H25N3O3S/c1-2-16-3-5-19(6-4-16)23-28(25,26)20-7-8-21-18(13-20)15-24(22-21)14-17-9-11-27-12-10-17/h3-8,13,15,17,23H,2,9-12,14H2,1H3. The van der Waals surface area contributed by atoms with Gasteiger partial charge in [0.2, 0.25) is 0 Å². The molecule has 148 valence electrons. The Morgan fingerprint density at radius 2 is 1.89 bits per heavy atom. The summed E-state index contributed by atoms with van der Waals surface area (Å²) in [5.74, 6) is 0.555. The first-order valence-corrected chi connectivity index (χ1v) is 11.2. The molecule has 0 atom stereocenters. The van der Waals surface area contributed by atoms with Crippen molar-refractivity contribution in [2.24, 2.45) is 5.92 Å². The van der Waals surface area contributed by atoms with Crippen LogP contribution in [0.1, 0.15) is 25.3 Å². The number of fused-ring (bicyclic) bond motifs is 1. The highest BCUT2D eigenvalue weighted by Crippen LogP contribution is 2.23. The predicted molar refractivity (Wildman–Crippen MR) is 110 cm³/mol. The molecule has 0 aliphatic carbocycles. The molecule has 1 aromatic heterocycles. The molecule has 0 saturated carbocycles. The molecule has 3 aromatic rings. The van der Waals surface area contributed by atoms with Gasteiger partial charge in [0.1, 0.15) is 0 Å². The zero-order valence-corrected chi connectivity index (χ0v) is 16.8. The lowest BCUT2D eigenvalue weighted by atomic mass is 10.0. The van der Waals surface area contributed by atoms with Crippen LogP contribution in [0.2, 0.25) is 0 Å². The Kier molecular flexibility index (Phi) is 5.37. The quantitative estimate of drug-likeness (QED) is 0.684. The number of nitrogens with zero attached hydrogens (tertiary/aromatic N) is 2. The fraction of sp³-hybridized carbons (Fsp3) is 0.381. The number of ether oxygens (including phenoxy) is 1. The van der Waals surface area contributed by atoms with Crippen LogP contribution in [-0.4, -0.2) is 31.4 Å². The number of anilines is 1. The van der Waals surface area contributed by atoms with Crippen molar-refractivity contribution in [3.05, 3.63) is 54.2 Å². The summed E-state index contributed by atoms with van der Waals surface area (Å²) in [6.45, 7) is 4.51. The van der Waals surface area contributed by atoms with Crippen LogP contribution in [-0.2, 0) is 27.7 Å². The van der Waals surface area contributed by atoms with Gasteiger partial charge in [-0.15, -0.1) is 0 Å². The maximum Gasteiger partial charge on any atom is 0.261 e. The van der Waals surface area contributed by atoms with Gasteiger partial charge < -0.3 is 4.74 Å². The summed E-state index contributed by atoms with van der Waals surface area (Å²) in [6.07, 6.45) is 4.93. The van der Waals surface area contributed by atoms with Gasteiger partial charge in [0.15, 0.2) is 0 Å². The summed E-state index contributed by atoms with van der Waals surface area (Å²) in [6, 6.07) is 12.5. The summed E-state index contributed by atoms with van der Waals surface area (Å²) >= 11 is 0. The summed E-state index contributed by atoms with van der Waals surface area (Å²) < 4.78 is 35.5. The van der Waals surface area contributed by atoms with Gasteiger partial charge >= 0.3 is 0 Å². The second kappa shape index (κ2) is 7.93. The zero-order valence-electron chi connectivity index (χ0n) is 16.0. The largest absolute Gasteiger partial charge is 0.381 e. The molecule has 1 saturated heterocycles. The SMILES string of the molecule is CCc1ccc(NS(=O)(=O)c2ccc3nn(CC4CCOCC4)cc3c2)cc1. The van der Waals surface area contributed by atoms with E-state index in [4.69, 9.17) is 4.74 Å². The Hall–Kier alpha value is -2.38. The van der Waals surface area contributed by atoms with E-state index >= 15 is 0 Å². The molecular weight excluding hydrogens is 374 g/mol. The number of nitrogens with one attached hydrogen (secondary N) is 1. The van der Waals surface area contributed by atoms with Crippen molar-refractivity contribution in [1.82, 2.24) is 9.78 Å². The second-order valence-electron chi connectivity index (χ2n) is 7.28. The van der Waals surface area contributed by atoms with Gasteiger partial charge in [-0.1, -0.05) is 19.1 Å². The van der Waals surface area contributed by atoms with E-state index in [2.05, 4.69) is 16.7 Å². The summed E-state index contributed by atoms with van der Waals surface area (Å²) in [4.78, 5) is 0.241. The molecule has 0 radical (unpaired) electrons. The first-order valence-electron chi connectivity index (χ1n) is 9.70. The van der Waals surface area contributed by atoms with Crippen molar-refractivity contribution < 1.29 is 13.2 Å². The van der Waals surface area contributed by atoms with Crippen LogP contribution in [0.15, 0.2) is 53.6 Å². The van der Waals surface area contributed by atoms with E-state index in [9.17, 15) is 8.42 Å². The molecule has 0 bridgehead atoms. The maximum atomic E-state index is 12.8. The van der Waals surface area contributed by atoms with E-state index < -0.39 is 10.0 Å². The van der Waals surface area contributed by atoms with Gasteiger partial charge in [-0.2, -0.15) is 5.10 Å². The molecule has 2 heterocycles. The van der Waals surface area contributed by atoms with Gasteiger partial charge in [-0.3, -0.25) is 9.40 Å². The monoisotopic (exact) mass is 399 g/mol. The Labute approximate surface area is 165 Å². The van der Waals surface area contributed by atoms with Crippen LogP contribution in [0, 0.1) is 5.92 Å². The second-order valence-corrected chi connectivity index (χ2v) is 8.97. The molecule has 0 spiro atoms. The molecule has 2 aromatic carbocycles. The molecule has 1 fully saturated rings. The lowest BCUT2D eigenvalue weighted by Gasteiger charge is -2.21. The number of aryl methyl sites for hydroxylation is 1. The van der Waals surface area contributed by atoms with Crippen molar-refractivity contribution in [2.45, 2.75) is 37.6 Å². The summed E-state index contributed by atoms with van der Waals surface area (Å²) in [5.41, 5.74) is 2.53. The molecule has 1 N–H and O–H groups in total. The van der Waals surface area contributed by atoms with Crippen molar-refractivity contribution in [3.63, 3.8) is 0 Å². The topological polar surface area (TPSA) is 73.2 Å². The van der Waals surface area contributed by atoms with Crippen LogP contribution < -0.4 is 4.72 Å². The summed E-state index contributed by atoms with van der Waals surface area (Å²) in [7, 11) is -3.65. The van der Waals surface area contributed by atoms with E-state index in [0.717, 1.165) is 49.9 Å². The Morgan fingerprint density at radius 1 is 1.14 bits per heavy atom. The third kappa shape index (κ3) is 4.20. The van der Waals surface area contributed by atoms with Crippen LogP contribution in [0.5, 0.6) is 0 Å². The Morgan fingerprint density at radius 3 is 2.61 bits per heavy atom. The number of aromatic nitrogens is 2. The van der Waals surface area contributed by atoms with Crippen molar-refractivity contribution >= 4 is 26.6 Å². The highest BCUT2D eigenvalue weighted by atomic mass is 32.2. The van der Waals surface area contributed by atoms with Gasteiger partial charge in [-0.05, 0) is 61.1 Å². The van der Waals surface area contributed by atoms with Gasteiger partial charge in [0.25, 0.3) is 10.0 Å². The van der Waals surface area contributed by atoms with Gasteiger partial charge in [0.05, 0.1) is 10.4 Å². The average molecular weight is 400 g/mol. The summed E-state index contributed by atoms with van der Waals surface area (Å²) in [5, 5.41) is 5.42. The number of hydrogen-bond acceptors (Lipinski definition) is 4. The molecule has 0 amide bonds. The number of hydrogen-bond donors (Lipinski definition) is 1. The number of sulfonamides is 1. The third-order valence-corrected chi connectivity index (χ3v) is 6.61. The third-order valence-electron chi connectivity index (χ3n) is 5.23. The molecule has 4 rings (SSSR count). The van der Waals surface area contributed by atoms with E-state index in [1.54, 1.807) is 30.3 Å². The maximum absolute atomic E-state index is 12.8. The fourth-order valence-corrected chi connectivity index (χ4v) is 4.63. The van der Waals surface area contributed by atoms with Crippen molar-refractivity contribution in [2.75, 3.05) is 17.9 Å². The van der Waals surface area contributed by atoms with Crippen LogP contribution in [0.25, 0.3) is 10.9 Å². The van der Waals surface area contributed by atoms with Gasteiger partial charge in [-0.25, -0.2) is 8.42 Å². The molecular formula is C21H25N3O3S. The van der Waals surface area contributed by atoms with Gasteiger partial charge in [0, 0.05) is 37.0 Å². The zero-order chi connectivity index (χ0) is 19.6. The molecule has 1 aliphatic heterocycles. The van der Waals surface area contributed by atoms with Crippen molar-refractivity contribution in [3.8, 4) is 0 Å². The Bertz CT molecular complexity index is 1050. The Balaban J connectivity index is 1.53. The van der Waals surface area contributed by atoms with Crippen molar-refractivity contribution in [1.29, 1.82) is 0 Å². The minimum Gasteiger partial charge on any atom is -0.381 e. The minimum atomic E-state index is -3.65. The van der Waals surface area contributed by atoms with Crippen LogP contribution in [0.4, 0.5) is 5.69 Å². The first kappa shape index (κ1) is 19.0. The lowest BCUT2D eigenvalue weighted by molar-refractivity contribution is 0.0602.